The molecule has 0 aliphatic heterocycles. The summed E-state index contributed by atoms with van der Waals surface area (Å²) in [4.78, 5) is 0. The van der Waals surface area contributed by atoms with Gasteiger partial charge >= 0.3 is 0 Å². The summed E-state index contributed by atoms with van der Waals surface area (Å²) in [5, 5.41) is 1.95. The lowest BCUT2D eigenvalue weighted by Gasteiger charge is -2.16. The largest absolute Gasteiger partial charge is 0.195 e. The highest BCUT2D eigenvalue weighted by Gasteiger charge is 2.16. The lowest BCUT2D eigenvalue weighted by molar-refractivity contribution is 0.482. The van der Waals surface area contributed by atoms with Crippen molar-refractivity contribution >= 4 is 11.3 Å². The van der Waals surface area contributed by atoms with Crippen molar-refractivity contribution in [1.29, 1.82) is 0 Å². The maximum absolute atomic E-state index is 13.8. The fourth-order valence-corrected chi connectivity index (χ4v) is 3.39. The van der Waals surface area contributed by atoms with Crippen molar-refractivity contribution in [1.82, 2.24) is 0 Å². The number of hydrogen-bond donors (Lipinski definition) is 0. The van der Waals surface area contributed by atoms with Crippen LogP contribution in [0, 0.1) is 5.13 Å². The van der Waals surface area contributed by atoms with Crippen molar-refractivity contribution in [3.05, 3.63) is 22.1 Å². The molecule has 1 rings (SSSR count). The van der Waals surface area contributed by atoms with Gasteiger partial charge in [-0.15, -0.1) is 11.3 Å². The van der Waals surface area contributed by atoms with Gasteiger partial charge in [0.05, 0.1) is 0 Å². The second-order valence-corrected chi connectivity index (χ2v) is 6.41. The Labute approximate surface area is 122 Å². The molecule has 0 amide bonds. The smallest absolute Gasteiger partial charge is 0.179 e. The molecule has 0 spiro atoms. The van der Waals surface area contributed by atoms with Gasteiger partial charge in [0, 0.05) is 5.56 Å². The number of rotatable bonds is 11. The Morgan fingerprint density at radius 1 is 0.947 bits per heavy atom. The highest BCUT2D eigenvalue weighted by Crippen LogP contribution is 2.32. The molecule has 0 fully saturated rings. The second kappa shape index (κ2) is 10.4. The molecule has 0 unspecified atom stereocenters. The molecule has 0 saturated heterocycles. The van der Waals surface area contributed by atoms with E-state index in [4.69, 9.17) is 0 Å². The predicted molar refractivity (Wildman–Crippen MR) is 84.5 cm³/mol. The third kappa shape index (κ3) is 6.56. The van der Waals surface area contributed by atoms with Gasteiger partial charge in [-0.2, -0.15) is 4.39 Å². The van der Waals surface area contributed by atoms with Crippen LogP contribution in [0.1, 0.15) is 89.5 Å². The molecule has 19 heavy (non-hydrogen) atoms. The van der Waals surface area contributed by atoms with Gasteiger partial charge < -0.3 is 0 Å². The van der Waals surface area contributed by atoms with Crippen molar-refractivity contribution in [3.63, 3.8) is 0 Å². The molecular formula is C17H29FS. The summed E-state index contributed by atoms with van der Waals surface area (Å²) in [6.07, 6.45) is 12.6. The van der Waals surface area contributed by atoms with Crippen LogP contribution in [0.5, 0.6) is 0 Å². The minimum absolute atomic E-state index is 0.0518. The van der Waals surface area contributed by atoms with Crippen molar-refractivity contribution in [2.24, 2.45) is 0 Å². The van der Waals surface area contributed by atoms with Gasteiger partial charge in [-0.3, -0.25) is 0 Å². The number of hydrogen-bond acceptors (Lipinski definition) is 1. The summed E-state index contributed by atoms with van der Waals surface area (Å²) >= 11 is 1.25. The van der Waals surface area contributed by atoms with Crippen LogP contribution in [-0.2, 0) is 0 Å². The molecule has 1 aromatic heterocycles. The Balaban J connectivity index is 2.41. The molecule has 0 aromatic carbocycles. The molecule has 2 heteroatoms. The minimum atomic E-state index is 0.0518. The predicted octanol–water partition coefficient (Wildman–Crippen LogP) is 6.91. The highest BCUT2D eigenvalue weighted by molar-refractivity contribution is 7.08. The second-order valence-electron chi connectivity index (χ2n) is 5.55. The Morgan fingerprint density at radius 3 is 1.95 bits per heavy atom. The molecule has 0 atom stereocenters. The van der Waals surface area contributed by atoms with Crippen LogP contribution in [0.25, 0.3) is 0 Å². The standard InChI is InChI=1S/C17H29FS/c1-3-5-7-9-11-15(12-10-8-6-4-2)16-13-14-19-17(16)18/h13-15H,3-12H2,1-2H3. The van der Waals surface area contributed by atoms with Crippen LogP contribution in [-0.4, -0.2) is 0 Å². The molecule has 0 aliphatic rings. The van der Waals surface area contributed by atoms with Crippen molar-refractivity contribution in [2.45, 2.75) is 84.0 Å². The zero-order chi connectivity index (χ0) is 13.9. The summed E-state index contributed by atoms with van der Waals surface area (Å²) in [6.45, 7) is 4.47. The van der Waals surface area contributed by atoms with E-state index in [1.165, 1.54) is 75.5 Å². The van der Waals surface area contributed by atoms with Gasteiger partial charge in [-0.25, -0.2) is 0 Å². The first-order chi connectivity index (χ1) is 9.29. The Bertz CT molecular complexity index is 307. The van der Waals surface area contributed by atoms with Crippen LogP contribution in [0.4, 0.5) is 4.39 Å². The quantitative estimate of drug-likeness (QED) is 0.387. The number of thiophene rings is 1. The van der Waals surface area contributed by atoms with Gasteiger partial charge in [0.25, 0.3) is 0 Å². The third-order valence-electron chi connectivity index (χ3n) is 3.90. The van der Waals surface area contributed by atoms with Crippen LogP contribution in [0.2, 0.25) is 0 Å². The van der Waals surface area contributed by atoms with Crippen LogP contribution < -0.4 is 0 Å². The molecule has 1 heterocycles. The highest BCUT2D eigenvalue weighted by atomic mass is 32.1. The maximum atomic E-state index is 13.8. The Morgan fingerprint density at radius 2 is 1.53 bits per heavy atom. The molecule has 0 N–H and O–H groups in total. The SMILES string of the molecule is CCCCCCC(CCCCCC)c1ccsc1F. The Hall–Kier alpha value is -0.370. The fraction of sp³-hybridized carbons (Fsp3) is 0.765. The first-order valence-corrected chi connectivity index (χ1v) is 8.90. The van der Waals surface area contributed by atoms with Gasteiger partial charge in [0.1, 0.15) is 0 Å². The molecule has 0 nitrogen and oxygen atoms in total. The lowest BCUT2D eigenvalue weighted by atomic mass is 9.89. The minimum Gasteiger partial charge on any atom is -0.195 e. The van der Waals surface area contributed by atoms with E-state index in [-0.39, 0.29) is 5.13 Å². The normalized spacial score (nSPS) is 11.4. The summed E-state index contributed by atoms with van der Waals surface area (Å²) in [5.74, 6) is 0.458. The Kier molecular flexibility index (Phi) is 9.15. The summed E-state index contributed by atoms with van der Waals surface area (Å²) < 4.78 is 13.8. The van der Waals surface area contributed by atoms with Crippen LogP contribution in [0.3, 0.4) is 0 Å². The number of halogens is 1. The van der Waals surface area contributed by atoms with Crippen LogP contribution >= 0.6 is 11.3 Å². The van der Waals surface area contributed by atoms with E-state index in [0.29, 0.717) is 5.92 Å². The van der Waals surface area contributed by atoms with Gasteiger partial charge in [0.2, 0.25) is 0 Å². The molecule has 110 valence electrons. The van der Waals surface area contributed by atoms with E-state index in [2.05, 4.69) is 13.8 Å². The van der Waals surface area contributed by atoms with Gasteiger partial charge in [-0.1, -0.05) is 65.2 Å². The summed E-state index contributed by atoms with van der Waals surface area (Å²) in [6, 6.07) is 2.00. The average Bonchev–Trinajstić information content (AvgIpc) is 2.83. The van der Waals surface area contributed by atoms with E-state index in [1.807, 2.05) is 11.4 Å². The van der Waals surface area contributed by atoms with Crippen molar-refractivity contribution < 1.29 is 4.39 Å². The molecule has 0 radical (unpaired) electrons. The monoisotopic (exact) mass is 284 g/mol. The summed E-state index contributed by atoms with van der Waals surface area (Å²) in [7, 11) is 0. The van der Waals surface area contributed by atoms with Crippen molar-refractivity contribution in [3.8, 4) is 0 Å². The molecule has 0 aliphatic carbocycles. The van der Waals surface area contributed by atoms with Gasteiger partial charge in [0.15, 0.2) is 5.13 Å². The molecular weight excluding hydrogens is 255 g/mol. The number of unbranched alkanes of at least 4 members (excludes halogenated alkanes) is 6. The maximum Gasteiger partial charge on any atom is 0.179 e. The first-order valence-electron chi connectivity index (χ1n) is 8.02. The summed E-state index contributed by atoms with van der Waals surface area (Å²) in [5.41, 5.74) is 0.984. The third-order valence-corrected chi connectivity index (χ3v) is 4.61. The van der Waals surface area contributed by atoms with Crippen molar-refractivity contribution in [2.75, 3.05) is 0 Å². The fourth-order valence-electron chi connectivity index (χ4n) is 2.69. The zero-order valence-electron chi connectivity index (χ0n) is 12.6. The van der Waals surface area contributed by atoms with E-state index < -0.39 is 0 Å². The first kappa shape index (κ1) is 16.7. The van der Waals surface area contributed by atoms with E-state index in [0.717, 1.165) is 5.56 Å². The molecule has 0 bridgehead atoms. The van der Waals surface area contributed by atoms with E-state index in [1.54, 1.807) is 0 Å². The zero-order valence-corrected chi connectivity index (χ0v) is 13.4. The molecule has 1 aromatic rings. The average molecular weight is 284 g/mol. The van der Waals surface area contributed by atoms with E-state index in [9.17, 15) is 4.39 Å². The van der Waals surface area contributed by atoms with Crippen LogP contribution in [0.15, 0.2) is 11.4 Å². The molecule has 0 saturated carbocycles. The van der Waals surface area contributed by atoms with E-state index >= 15 is 0 Å². The topological polar surface area (TPSA) is 0 Å². The van der Waals surface area contributed by atoms with Gasteiger partial charge in [-0.05, 0) is 30.2 Å². The lowest BCUT2D eigenvalue weighted by Crippen LogP contribution is -2.00.